The predicted molar refractivity (Wildman–Crippen MR) is 149 cm³/mol. The summed E-state index contributed by atoms with van der Waals surface area (Å²) >= 11 is -2.09. The summed E-state index contributed by atoms with van der Waals surface area (Å²) in [5.41, 5.74) is 9.29. The summed E-state index contributed by atoms with van der Waals surface area (Å²) in [5.74, 6) is 7.40. The Balaban J connectivity index is 1.72. The summed E-state index contributed by atoms with van der Waals surface area (Å²) in [6, 6.07) is 15.2. The van der Waals surface area contributed by atoms with Crippen LogP contribution in [-0.4, -0.2) is 28.2 Å². The van der Waals surface area contributed by atoms with E-state index < -0.39 is 13.3 Å². The quantitative estimate of drug-likeness (QED) is 0.175. The molecule has 0 atom stereocenters. The van der Waals surface area contributed by atoms with E-state index in [4.69, 9.17) is 14.4 Å². The molecule has 0 aliphatic carbocycles. The molecule has 0 aliphatic rings. The number of furan rings is 1. The summed E-state index contributed by atoms with van der Waals surface area (Å²) in [5, 5.41) is 5.69. The maximum atomic E-state index is 6.38. The monoisotopic (exact) mass is 521 g/mol. The van der Waals surface area contributed by atoms with Crippen LogP contribution in [0.4, 0.5) is 0 Å². The minimum atomic E-state index is -2.09. The fourth-order valence-electron chi connectivity index (χ4n) is 5.96. The van der Waals surface area contributed by atoms with Gasteiger partial charge >= 0.3 is 201 Å². The van der Waals surface area contributed by atoms with Gasteiger partial charge in [0.2, 0.25) is 0 Å². The molecule has 0 fully saturated rings. The number of benzene rings is 3. The first kappa shape index (κ1) is 22.2. The number of pyridine rings is 1. The summed E-state index contributed by atoms with van der Waals surface area (Å²) in [4.78, 5) is 14.3. The fourth-order valence-corrected chi connectivity index (χ4v) is 11.2. The SMILES string of the molecule is Cc1ccc2c(n1)oc1c(-c3ncnc4c3ccc3cc(C)[c]([Ge]([CH3])([CH3])[CH3])c(C)c34)ccc(C)c12. The van der Waals surface area contributed by atoms with Crippen LogP contribution in [0, 0.1) is 27.7 Å². The van der Waals surface area contributed by atoms with Crippen molar-refractivity contribution < 1.29 is 4.42 Å². The summed E-state index contributed by atoms with van der Waals surface area (Å²) in [7, 11) is 0. The molecule has 5 heteroatoms. The van der Waals surface area contributed by atoms with Gasteiger partial charge in [0.05, 0.1) is 0 Å². The molecule has 0 saturated carbocycles. The van der Waals surface area contributed by atoms with Crippen molar-refractivity contribution in [1.82, 2.24) is 15.0 Å². The van der Waals surface area contributed by atoms with Crippen LogP contribution in [0.1, 0.15) is 22.4 Å². The Morgan fingerprint density at radius 2 is 1.54 bits per heavy atom. The van der Waals surface area contributed by atoms with Crippen molar-refractivity contribution in [2.75, 3.05) is 0 Å². The standard InChI is InChI=1S/C30H29GeN3O/c1-16-8-11-23(29-24(16)21-12-9-18(3)34-30(21)35-29)27-22-13-10-20-14-17(2)26(31(5,6)7)19(4)25(20)28(22)33-15-32-27/h8-15H,1-7H3. The van der Waals surface area contributed by atoms with Crippen molar-refractivity contribution in [1.29, 1.82) is 0 Å². The molecule has 6 rings (SSSR count). The number of hydrogen-bond donors (Lipinski definition) is 0. The van der Waals surface area contributed by atoms with Gasteiger partial charge < -0.3 is 0 Å². The number of rotatable bonds is 2. The van der Waals surface area contributed by atoms with Crippen LogP contribution in [0.2, 0.25) is 17.3 Å². The Bertz CT molecular complexity index is 1830. The van der Waals surface area contributed by atoms with E-state index in [2.05, 4.69) is 79.4 Å². The molecule has 0 aliphatic heterocycles. The normalized spacial score (nSPS) is 12.4. The Morgan fingerprint density at radius 3 is 2.31 bits per heavy atom. The van der Waals surface area contributed by atoms with Gasteiger partial charge in [-0.15, -0.1) is 0 Å². The third-order valence-corrected chi connectivity index (χ3v) is 12.0. The average Bonchev–Trinajstić information content (AvgIpc) is 3.17. The molecule has 0 N–H and O–H groups in total. The van der Waals surface area contributed by atoms with Crippen molar-refractivity contribution in [2.24, 2.45) is 0 Å². The van der Waals surface area contributed by atoms with Gasteiger partial charge in [0.15, 0.2) is 0 Å². The average molecular weight is 520 g/mol. The minimum absolute atomic E-state index is 0.673. The summed E-state index contributed by atoms with van der Waals surface area (Å²) in [6.45, 7) is 8.65. The van der Waals surface area contributed by atoms with E-state index in [1.807, 2.05) is 13.0 Å². The van der Waals surface area contributed by atoms with Crippen molar-refractivity contribution in [3.05, 3.63) is 71.2 Å². The molecule has 6 aromatic rings. The first-order chi connectivity index (χ1) is 16.6. The van der Waals surface area contributed by atoms with Gasteiger partial charge in [0.1, 0.15) is 0 Å². The number of fused-ring (bicyclic) bond motifs is 6. The molecule has 0 bridgehead atoms. The van der Waals surface area contributed by atoms with Crippen LogP contribution in [0.25, 0.3) is 55.0 Å². The summed E-state index contributed by atoms with van der Waals surface area (Å²) < 4.78 is 7.95. The molecule has 0 saturated heterocycles. The van der Waals surface area contributed by atoms with Crippen molar-refractivity contribution in [2.45, 2.75) is 45.0 Å². The number of aryl methyl sites for hydroxylation is 4. The van der Waals surface area contributed by atoms with Gasteiger partial charge in [-0.1, -0.05) is 0 Å². The van der Waals surface area contributed by atoms with E-state index >= 15 is 0 Å². The van der Waals surface area contributed by atoms with E-state index in [9.17, 15) is 0 Å². The van der Waals surface area contributed by atoms with Gasteiger partial charge in [0, 0.05) is 0 Å². The molecule has 0 radical (unpaired) electrons. The molecule has 3 aromatic carbocycles. The molecule has 35 heavy (non-hydrogen) atoms. The van der Waals surface area contributed by atoms with Gasteiger partial charge in [0.25, 0.3) is 0 Å². The second-order valence-electron chi connectivity index (χ2n) is 10.8. The molecule has 174 valence electrons. The maximum absolute atomic E-state index is 6.38. The van der Waals surface area contributed by atoms with Gasteiger partial charge in [-0.25, -0.2) is 0 Å². The van der Waals surface area contributed by atoms with Crippen molar-refractivity contribution >= 4 is 61.4 Å². The van der Waals surface area contributed by atoms with Crippen LogP contribution in [0.5, 0.6) is 0 Å². The van der Waals surface area contributed by atoms with E-state index in [-0.39, 0.29) is 0 Å². The topological polar surface area (TPSA) is 51.8 Å². The first-order valence-corrected chi connectivity index (χ1v) is 19.5. The Labute approximate surface area is 207 Å². The van der Waals surface area contributed by atoms with Crippen molar-refractivity contribution in [3.8, 4) is 11.3 Å². The van der Waals surface area contributed by atoms with E-state index in [0.717, 1.165) is 44.2 Å². The second kappa shape index (κ2) is 7.62. The van der Waals surface area contributed by atoms with E-state index in [1.54, 1.807) is 10.7 Å². The number of nitrogens with zero attached hydrogens (tertiary/aromatic N) is 3. The van der Waals surface area contributed by atoms with Crippen molar-refractivity contribution in [3.63, 3.8) is 0 Å². The van der Waals surface area contributed by atoms with Crippen LogP contribution in [0.3, 0.4) is 0 Å². The number of aromatic nitrogens is 3. The molecular weight excluding hydrogens is 491 g/mol. The fraction of sp³-hybridized carbons (Fsp3) is 0.233. The summed E-state index contributed by atoms with van der Waals surface area (Å²) in [6.07, 6.45) is 1.70. The zero-order chi connectivity index (χ0) is 24.6. The van der Waals surface area contributed by atoms with Crippen LogP contribution >= 0.6 is 0 Å². The zero-order valence-corrected chi connectivity index (χ0v) is 23.5. The third kappa shape index (κ3) is 3.30. The number of hydrogen-bond acceptors (Lipinski definition) is 4. The van der Waals surface area contributed by atoms with Gasteiger partial charge in [-0.2, -0.15) is 0 Å². The van der Waals surface area contributed by atoms with Crippen LogP contribution in [-0.2, 0) is 0 Å². The second-order valence-corrected chi connectivity index (χ2v) is 21.3. The molecule has 4 nitrogen and oxygen atoms in total. The molecule has 3 heterocycles. The Morgan fingerprint density at radius 1 is 0.771 bits per heavy atom. The van der Waals surface area contributed by atoms with E-state index in [1.165, 1.54) is 27.5 Å². The first-order valence-electron chi connectivity index (χ1n) is 12.1. The Hall–Kier alpha value is -3.25. The molecule has 0 spiro atoms. The van der Waals surface area contributed by atoms with Crippen LogP contribution in [0.15, 0.2) is 53.2 Å². The van der Waals surface area contributed by atoms with Gasteiger partial charge in [-0.05, 0) is 6.92 Å². The third-order valence-electron chi connectivity index (χ3n) is 7.19. The van der Waals surface area contributed by atoms with Crippen LogP contribution < -0.4 is 4.40 Å². The molecule has 0 unspecified atom stereocenters. The zero-order valence-electron chi connectivity index (χ0n) is 21.4. The predicted octanol–water partition coefficient (Wildman–Crippen LogP) is 7.52. The van der Waals surface area contributed by atoms with Gasteiger partial charge in [-0.3, -0.25) is 0 Å². The molecule has 0 amide bonds. The van der Waals surface area contributed by atoms with E-state index in [0.29, 0.717) is 5.71 Å². The molecular formula is C30H29GeN3O. The molecule has 3 aromatic heterocycles. The Kier molecular flexibility index (Phi) is 4.84.